The van der Waals surface area contributed by atoms with Gasteiger partial charge in [0.25, 0.3) is 10.1 Å². The molecule has 1 fully saturated rings. The topological polar surface area (TPSA) is 87.4 Å². The molecule has 1 aliphatic heterocycles. The molecular weight excluding hydrogens is 208 g/mol. The van der Waals surface area contributed by atoms with Gasteiger partial charge in [-0.3, -0.25) is 4.55 Å². The van der Waals surface area contributed by atoms with Gasteiger partial charge >= 0.3 is 6.19 Å². The minimum Gasteiger partial charge on any atom is -0.370 e. The van der Waals surface area contributed by atoms with Crippen LogP contribution in [0.15, 0.2) is 0 Å². The largest absolute Gasteiger partial charge is 0.370 e. The molecule has 80 valence electrons. The van der Waals surface area contributed by atoms with E-state index in [1.54, 1.807) is 0 Å². The van der Waals surface area contributed by atoms with Crippen molar-refractivity contribution in [3.05, 3.63) is 0 Å². The van der Waals surface area contributed by atoms with E-state index in [0.717, 1.165) is 0 Å². The first-order valence-electron chi connectivity index (χ1n) is 4.28. The molecule has 6 nitrogen and oxygen atoms in total. The maximum Gasteiger partial charge on any atom is 0.308 e. The summed E-state index contributed by atoms with van der Waals surface area (Å²) in [4.78, 5) is 0. The normalized spacial score (nSPS) is 21.4. The molecule has 7 heteroatoms. The molecule has 0 atom stereocenters. The van der Waals surface area contributed by atoms with E-state index in [9.17, 15) is 8.42 Å². The quantitative estimate of drug-likeness (QED) is 0.383. The third-order valence-electron chi connectivity index (χ3n) is 2.32. The molecule has 1 N–H and O–H groups in total. The lowest BCUT2D eigenvalue weighted by molar-refractivity contribution is -0.871. The van der Waals surface area contributed by atoms with Crippen LogP contribution < -0.4 is 0 Å². The zero-order chi connectivity index (χ0) is 10.7. The zero-order valence-corrected chi connectivity index (χ0v) is 8.53. The van der Waals surface area contributed by atoms with Crippen LogP contribution in [0.25, 0.3) is 0 Å². The monoisotopic (exact) mass is 221 g/mol. The van der Waals surface area contributed by atoms with E-state index in [2.05, 4.69) is 6.19 Å². The standard InChI is InChI=1S/C7H12N2O4S/c8-7-9(1-4-13-5-2-9)3-6-14(10,11)12/h1-6H2/p+1. The van der Waals surface area contributed by atoms with Crippen LogP contribution in [0.3, 0.4) is 0 Å². The Morgan fingerprint density at radius 2 is 2.00 bits per heavy atom. The van der Waals surface area contributed by atoms with E-state index >= 15 is 0 Å². The number of hydrogen-bond donors (Lipinski definition) is 1. The van der Waals surface area contributed by atoms with Crippen molar-refractivity contribution in [1.29, 1.82) is 5.26 Å². The Balaban J connectivity index is 2.58. The second-order valence-corrected chi connectivity index (χ2v) is 4.89. The minimum absolute atomic E-state index is 0.0415. The van der Waals surface area contributed by atoms with Crippen molar-refractivity contribution >= 4 is 10.1 Å². The Morgan fingerprint density at radius 3 is 2.43 bits per heavy atom. The molecule has 0 spiro atoms. The van der Waals surface area contributed by atoms with Crippen LogP contribution in [0.2, 0.25) is 0 Å². The molecule has 0 aromatic heterocycles. The smallest absolute Gasteiger partial charge is 0.308 e. The van der Waals surface area contributed by atoms with Crippen LogP contribution in [0.1, 0.15) is 0 Å². The molecule has 0 unspecified atom stereocenters. The van der Waals surface area contributed by atoms with E-state index in [0.29, 0.717) is 26.3 Å². The van der Waals surface area contributed by atoms with E-state index in [1.807, 2.05) is 0 Å². The number of hydrogen-bond acceptors (Lipinski definition) is 4. The fraction of sp³-hybridized carbons (Fsp3) is 0.857. The second-order valence-electron chi connectivity index (χ2n) is 3.31. The highest BCUT2D eigenvalue weighted by Crippen LogP contribution is 2.09. The van der Waals surface area contributed by atoms with Gasteiger partial charge in [-0.1, -0.05) is 0 Å². The SMILES string of the molecule is N#C[N+]1(CCS(=O)(=O)O)CCOCC1. The fourth-order valence-corrected chi connectivity index (χ4v) is 1.94. The van der Waals surface area contributed by atoms with Crippen molar-refractivity contribution in [1.82, 2.24) is 0 Å². The molecule has 0 amide bonds. The molecule has 1 rings (SSSR count). The molecule has 0 bridgehead atoms. The van der Waals surface area contributed by atoms with Crippen LogP contribution in [-0.4, -0.2) is 56.1 Å². The van der Waals surface area contributed by atoms with Gasteiger partial charge < -0.3 is 4.74 Å². The van der Waals surface area contributed by atoms with Gasteiger partial charge in [0.2, 0.25) is 0 Å². The highest BCUT2D eigenvalue weighted by Gasteiger charge is 2.32. The van der Waals surface area contributed by atoms with Crippen LogP contribution in [0, 0.1) is 11.5 Å². The number of rotatable bonds is 3. The van der Waals surface area contributed by atoms with Crippen LogP contribution in [0.4, 0.5) is 0 Å². The number of morpholine rings is 1. The average molecular weight is 221 g/mol. The fourth-order valence-electron chi connectivity index (χ4n) is 1.36. The first-order valence-corrected chi connectivity index (χ1v) is 5.89. The summed E-state index contributed by atoms with van der Waals surface area (Å²) >= 11 is 0. The molecule has 0 aromatic rings. The summed E-state index contributed by atoms with van der Waals surface area (Å²) in [7, 11) is -3.98. The van der Waals surface area contributed by atoms with Crippen molar-refractivity contribution in [2.24, 2.45) is 0 Å². The zero-order valence-electron chi connectivity index (χ0n) is 7.72. The van der Waals surface area contributed by atoms with Gasteiger partial charge in [-0.25, -0.2) is 4.48 Å². The number of ether oxygens (including phenoxy) is 1. The van der Waals surface area contributed by atoms with E-state index in [1.165, 1.54) is 0 Å². The van der Waals surface area contributed by atoms with Crippen molar-refractivity contribution in [3.63, 3.8) is 0 Å². The highest BCUT2D eigenvalue weighted by molar-refractivity contribution is 7.85. The average Bonchev–Trinajstić information content (AvgIpc) is 2.15. The lowest BCUT2D eigenvalue weighted by Gasteiger charge is -2.32. The lowest BCUT2D eigenvalue weighted by atomic mass is 10.3. The third kappa shape index (κ3) is 3.23. The number of nitriles is 1. The lowest BCUT2D eigenvalue weighted by Crippen LogP contribution is -2.53. The molecule has 0 aromatic carbocycles. The molecule has 0 radical (unpaired) electrons. The first kappa shape index (κ1) is 11.4. The van der Waals surface area contributed by atoms with Gasteiger partial charge in [0, 0.05) is 0 Å². The maximum absolute atomic E-state index is 10.5. The Hall–Kier alpha value is -0.680. The van der Waals surface area contributed by atoms with E-state index in [-0.39, 0.29) is 16.8 Å². The van der Waals surface area contributed by atoms with Gasteiger partial charge in [-0.2, -0.15) is 8.42 Å². The van der Waals surface area contributed by atoms with Crippen molar-refractivity contribution in [2.75, 3.05) is 38.6 Å². The van der Waals surface area contributed by atoms with Crippen molar-refractivity contribution < 1.29 is 22.2 Å². The Labute approximate surface area is 83.0 Å². The van der Waals surface area contributed by atoms with Gasteiger partial charge in [0.15, 0.2) is 0 Å². The molecule has 1 saturated heterocycles. The van der Waals surface area contributed by atoms with E-state index < -0.39 is 10.1 Å². The van der Waals surface area contributed by atoms with Crippen molar-refractivity contribution in [3.8, 4) is 6.19 Å². The second kappa shape index (κ2) is 4.23. The summed E-state index contributed by atoms with van der Waals surface area (Å²) in [6.45, 7) is 1.99. The van der Waals surface area contributed by atoms with E-state index in [4.69, 9.17) is 14.6 Å². The number of nitrogens with zero attached hydrogens (tertiary/aromatic N) is 2. The van der Waals surface area contributed by atoms with Crippen molar-refractivity contribution in [2.45, 2.75) is 0 Å². The van der Waals surface area contributed by atoms with Gasteiger partial charge in [-0.15, -0.1) is 5.26 Å². The van der Waals surface area contributed by atoms with Gasteiger partial charge in [-0.05, 0) is 0 Å². The molecule has 0 saturated carbocycles. The first-order chi connectivity index (χ1) is 6.47. The molecule has 14 heavy (non-hydrogen) atoms. The summed E-state index contributed by atoms with van der Waals surface area (Å²) in [6, 6.07) is 0. The maximum atomic E-state index is 10.5. The Bertz CT molecular complexity index is 326. The Morgan fingerprint density at radius 1 is 1.43 bits per heavy atom. The third-order valence-corrected chi connectivity index (χ3v) is 3.02. The summed E-state index contributed by atoms with van der Waals surface area (Å²) in [6.07, 6.45) is 2.07. The van der Waals surface area contributed by atoms with Gasteiger partial charge in [0.1, 0.15) is 25.4 Å². The number of quaternary nitrogens is 1. The molecular formula is C7H13N2O4S+. The summed E-state index contributed by atoms with van der Waals surface area (Å²) < 4.78 is 34.8. The predicted molar refractivity (Wildman–Crippen MR) is 47.7 cm³/mol. The summed E-state index contributed by atoms with van der Waals surface area (Å²) in [5, 5.41) is 8.93. The predicted octanol–water partition coefficient (Wildman–Crippen LogP) is -0.798. The van der Waals surface area contributed by atoms with Crippen LogP contribution in [0.5, 0.6) is 0 Å². The van der Waals surface area contributed by atoms with Crippen LogP contribution in [-0.2, 0) is 14.9 Å². The highest BCUT2D eigenvalue weighted by atomic mass is 32.2. The summed E-state index contributed by atoms with van der Waals surface area (Å²) in [5.74, 6) is -0.374. The minimum atomic E-state index is -3.98. The Kier molecular flexibility index (Phi) is 3.44. The molecule has 1 heterocycles. The van der Waals surface area contributed by atoms with Crippen LogP contribution >= 0.6 is 0 Å². The molecule has 0 aliphatic carbocycles. The molecule has 1 aliphatic rings. The summed E-state index contributed by atoms with van der Waals surface area (Å²) in [5.41, 5.74) is 0. The van der Waals surface area contributed by atoms with Gasteiger partial charge in [0.05, 0.1) is 13.2 Å².